The molecule has 2 aromatic rings. The Morgan fingerprint density at radius 3 is 2.93 bits per heavy atom. The van der Waals surface area contributed by atoms with E-state index in [1.54, 1.807) is 6.07 Å². The molecule has 4 nitrogen and oxygen atoms in total. The molecule has 0 spiro atoms. The van der Waals surface area contributed by atoms with Crippen LogP contribution < -0.4 is 5.73 Å². The number of rotatable bonds is 1. The zero-order valence-electron chi connectivity index (χ0n) is 6.86. The summed E-state index contributed by atoms with van der Waals surface area (Å²) < 4.78 is 1.37. The Morgan fingerprint density at radius 1 is 1.57 bits per heavy atom. The highest BCUT2D eigenvalue weighted by Crippen LogP contribution is 2.37. The Bertz CT molecular complexity index is 523. The van der Waals surface area contributed by atoms with E-state index in [2.05, 4.69) is 0 Å². The lowest BCUT2D eigenvalue weighted by atomic mass is 10.2. The Labute approximate surface area is 97.0 Å². The Morgan fingerprint density at radius 2 is 2.29 bits per heavy atom. The minimum absolute atomic E-state index is 0.0144. The molecule has 0 amide bonds. The third-order valence-corrected chi connectivity index (χ3v) is 3.67. The van der Waals surface area contributed by atoms with E-state index < -0.39 is 4.92 Å². The van der Waals surface area contributed by atoms with Crippen LogP contribution in [0.4, 0.5) is 11.4 Å². The largest absolute Gasteiger partial charge is 0.392 e. The lowest BCUT2D eigenvalue weighted by molar-refractivity contribution is -0.384. The maximum Gasteiger partial charge on any atom is 0.306 e. The summed E-state index contributed by atoms with van der Waals surface area (Å²) in [6.07, 6.45) is 0. The van der Waals surface area contributed by atoms with Crippen LogP contribution in [-0.2, 0) is 0 Å². The van der Waals surface area contributed by atoms with Gasteiger partial charge >= 0.3 is 5.69 Å². The molecule has 2 rings (SSSR count). The van der Waals surface area contributed by atoms with Gasteiger partial charge in [-0.1, -0.05) is 0 Å². The number of nitro benzene ring substituents is 1. The molecule has 72 valence electrons. The second-order valence-corrected chi connectivity index (χ2v) is 4.80. The fourth-order valence-corrected chi connectivity index (χ4v) is 2.94. The summed E-state index contributed by atoms with van der Waals surface area (Å²) in [5, 5.41) is 13.6. The number of fused-ring (bicyclic) bond motifs is 1. The number of hydrogen-bond acceptors (Lipinski definition) is 4. The van der Waals surface area contributed by atoms with Crippen molar-refractivity contribution >= 4 is 55.4 Å². The molecule has 0 aliphatic rings. The Balaban J connectivity index is 2.89. The van der Waals surface area contributed by atoms with Crippen LogP contribution in [0.2, 0.25) is 0 Å². The van der Waals surface area contributed by atoms with Crippen molar-refractivity contribution in [2.24, 2.45) is 0 Å². The van der Waals surface area contributed by atoms with Gasteiger partial charge in [-0.15, -0.1) is 11.3 Å². The Hall–Kier alpha value is -0.890. The van der Waals surface area contributed by atoms with Gasteiger partial charge in [-0.3, -0.25) is 10.1 Å². The molecule has 1 aromatic carbocycles. The van der Waals surface area contributed by atoms with Crippen molar-refractivity contribution in [1.82, 2.24) is 0 Å². The predicted molar refractivity (Wildman–Crippen MR) is 65.6 cm³/mol. The van der Waals surface area contributed by atoms with Crippen LogP contribution in [0.5, 0.6) is 0 Å². The second kappa shape index (κ2) is 3.35. The SMILES string of the molecule is Nc1c([N+](=O)[O-])c(I)cc2ccsc12. The van der Waals surface area contributed by atoms with Crippen LogP contribution in [0, 0.1) is 13.7 Å². The van der Waals surface area contributed by atoms with E-state index >= 15 is 0 Å². The topological polar surface area (TPSA) is 69.2 Å². The number of nitrogen functional groups attached to an aromatic ring is 1. The molecule has 0 fully saturated rings. The first-order valence-electron chi connectivity index (χ1n) is 3.71. The van der Waals surface area contributed by atoms with E-state index in [1.165, 1.54) is 11.3 Å². The molecule has 0 aliphatic heterocycles. The van der Waals surface area contributed by atoms with Crippen LogP contribution in [0.25, 0.3) is 10.1 Å². The van der Waals surface area contributed by atoms with Gasteiger partial charge in [0.2, 0.25) is 0 Å². The van der Waals surface area contributed by atoms with E-state index in [0.717, 1.165) is 10.1 Å². The zero-order chi connectivity index (χ0) is 10.3. The molecule has 6 heteroatoms. The lowest BCUT2D eigenvalue weighted by Gasteiger charge is -2.00. The average molecular weight is 320 g/mol. The summed E-state index contributed by atoms with van der Waals surface area (Å²) >= 11 is 3.35. The van der Waals surface area contributed by atoms with Gasteiger partial charge in [0.1, 0.15) is 5.69 Å². The zero-order valence-corrected chi connectivity index (χ0v) is 9.83. The molecule has 2 N–H and O–H groups in total. The standard InChI is InChI=1S/C8H5IN2O2S/c9-5-3-4-1-2-14-8(4)6(10)7(5)11(12)13/h1-3H,10H2. The molecule has 0 unspecified atom stereocenters. The third kappa shape index (κ3) is 1.34. The lowest BCUT2D eigenvalue weighted by Crippen LogP contribution is -1.98. The van der Waals surface area contributed by atoms with Gasteiger partial charge in [-0.25, -0.2) is 0 Å². The highest BCUT2D eigenvalue weighted by molar-refractivity contribution is 14.1. The normalized spacial score (nSPS) is 10.6. The van der Waals surface area contributed by atoms with Gasteiger partial charge in [0.05, 0.1) is 13.2 Å². The number of nitrogens with two attached hydrogens (primary N) is 1. The maximum absolute atomic E-state index is 10.7. The molecule has 1 heterocycles. The average Bonchev–Trinajstić information content (AvgIpc) is 2.50. The molecule has 0 atom stereocenters. The molecule has 0 bridgehead atoms. The van der Waals surface area contributed by atoms with Crippen LogP contribution in [-0.4, -0.2) is 4.92 Å². The summed E-state index contributed by atoms with van der Waals surface area (Å²) in [6, 6.07) is 3.68. The number of halogens is 1. The molecule has 0 radical (unpaired) electrons. The van der Waals surface area contributed by atoms with E-state index in [9.17, 15) is 10.1 Å². The molecule has 1 aromatic heterocycles. The molecule has 0 saturated heterocycles. The van der Waals surface area contributed by atoms with Crippen molar-refractivity contribution in [2.75, 3.05) is 5.73 Å². The number of benzene rings is 1. The van der Waals surface area contributed by atoms with Gasteiger partial charge in [0.25, 0.3) is 0 Å². The number of nitro groups is 1. The predicted octanol–water partition coefficient (Wildman–Crippen LogP) is 3.00. The van der Waals surface area contributed by atoms with Crippen LogP contribution in [0.3, 0.4) is 0 Å². The van der Waals surface area contributed by atoms with E-state index in [1.807, 2.05) is 34.0 Å². The molecular weight excluding hydrogens is 315 g/mol. The fourth-order valence-electron chi connectivity index (χ4n) is 1.28. The summed E-state index contributed by atoms with van der Waals surface area (Å²) in [6.45, 7) is 0. The van der Waals surface area contributed by atoms with Crippen LogP contribution in [0.15, 0.2) is 17.5 Å². The van der Waals surface area contributed by atoms with Crippen molar-refractivity contribution < 1.29 is 4.92 Å². The quantitative estimate of drug-likeness (QED) is 0.380. The first kappa shape index (κ1) is 9.66. The minimum atomic E-state index is -0.434. The number of nitrogens with zero attached hydrogens (tertiary/aromatic N) is 1. The van der Waals surface area contributed by atoms with Crippen molar-refractivity contribution in [2.45, 2.75) is 0 Å². The van der Waals surface area contributed by atoms with E-state index in [-0.39, 0.29) is 11.4 Å². The van der Waals surface area contributed by atoms with Crippen LogP contribution in [0.1, 0.15) is 0 Å². The molecule has 0 aliphatic carbocycles. The highest BCUT2D eigenvalue weighted by Gasteiger charge is 2.19. The van der Waals surface area contributed by atoms with E-state index in [0.29, 0.717) is 3.57 Å². The number of hydrogen-bond donors (Lipinski definition) is 1. The Kier molecular flexibility index (Phi) is 2.31. The summed E-state index contributed by atoms with van der Waals surface area (Å²) in [4.78, 5) is 10.3. The molecular formula is C8H5IN2O2S. The number of anilines is 1. The van der Waals surface area contributed by atoms with Crippen molar-refractivity contribution in [3.05, 3.63) is 31.2 Å². The monoisotopic (exact) mass is 320 g/mol. The van der Waals surface area contributed by atoms with Gasteiger partial charge < -0.3 is 5.73 Å². The molecule has 14 heavy (non-hydrogen) atoms. The van der Waals surface area contributed by atoms with E-state index in [4.69, 9.17) is 5.73 Å². The fraction of sp³-hybridized carbons (Fsp3) is 0. The summed E-state index contributed by atoms with van der Waals surface area (Å²) in [5.74, 6) is 0. The van der Waals surface area contributed by atoms with Crippen molar-refractivity contribution in [1.29, 1.82) is 0 Å². The van der Waals surface area contributed by atoms with Gasteiger partial charge in [-0.2, -0.15) is 0 Å². The maximum atomic E-state index is 10.7. The molecule has 0 saturated carbocycles. The highest BCUT2D eigenvalue weighted by atomic mass is 127. The van der Waals surface area contributed by atoms with Crippen molar-refractivity contribution in [3.63, 3.8) is 0 Å². The first-order valence-corrected chi connectivity index (χ1v) is 5.66. The summed E-state index contributed by atoms with van der Waals surface area (Å²) in [5.41, 5.74) is 6.01. The minimum Gasteiger partial charge on any atom is -0.392 e. The summed E-state index contributed by atoms with van der Waals surface area (Å²) in [7, 11) is 0. The number of thiophene rings is 1. The van der Waals surface area contributed by atoms with Gasteiger partial charge in [-0.05, 0) is 45.5 Å². The van der Waals surface area contributed by atoms with Crippen LogP contribution >= 0.6 is 33.9 Å². The van der Waals surface area contributed by atoms with Crippen molar-refractivity contribution in [3.8, 4) is 0 Å². The van der Waals surface area contributed by atoms with Gasteiger partial charge in [0, 0.05) is 0 Å². The smallest absolute Gasteiger partial charge is 0.306 e. The first-order chi connectivity index (χ1) is 6.61. The van der Waals surface area contributed by atoms with Gasteiger partial charge in [0.15, 0.2) is 0 Å². The second-order valence-electron chi connectivity index (χ2n) is 2.72. The third-order valence-electron chi connectivity index (χ3n) is 1.89.